The average Bonchev–Trinajstić information content (AvgIpc) is 2.75. The Bertz CT molecular complexity index is 1010. The molecule has 31 heavy (non-hydrogen) atoms. The number of hydrogen-bond acceptors (Lipinski definition) is 8. The first-order chi connectivity index (χ1) is 14.8. The SMILES string of the molecule is COc1cc(Cl)c(N=NC(C(C)=O)C(=O)Nc2ccc(OC)c(OC)c2Cl)cc1OC. The van der Waals surface area contributed by atoms with E-state index in [0.717, 1.165) is 0 Å². The third kappa shape index (κ3) is 5.56. The molecule has 0 fully saturated rings. The van der Waals surface area contributed by atoms with Crippen molar-refractivity contribution in [3.05, 3.63) is 34.3 Å². The normalized spacial score (nSPS) is 11.7. The van der Waals surface area contributed by atoms with Crippen molar-refractivity contribution in [1.29, 1.82) is 0 Å². The zero-order valence-corrected chi connectivity index (χ0v) is 19.0. The minimum atomic E-state index is -1.44. The highest BCUT2D eigenvalue weighted by Crippen LogP contribution is 2.40. The number of azo groups is 1. The summed E-state index contributed by atoms with van der Waals surface area (Å²) in [5, 5.41) is 10.7. The summed E-state index contributed by atoms with van der Waals surface area (Å²) in [6.45, 7) is 1.22. The maximum atomic E-state index is 12.7. The van der Waals surface area contributed by atoms with Gasteiger partial charge in [-0.1, -0.05) is 23.2 Å². The number of ether oxygens (including phenoxy) is 4. The van der Waals surface area contributed by atoms with Crippen molar-refractivity contribution in [3.63, 3.8) is 0 Å². The molecule has 2 aromatic carbocycles. The van der Waals surface area contributed by atoms with E-state index in [1.54, 1.807) is 6.07 Å². The fourth-order valence-electron chi connectivity index (χ4n) is 2.55. The topological polar surface area (TPSA) is 108 Å². The van der Waals surface area contributed by atoms with Crippen LogP contribution in [0.2, 0.25) is 10.0 Å². The van der Waals surface area contributed by atoms with Gasteiger partial charge in [0, 0.05) is 12.1 Å². The van der Waals surface area contributed by atoms with Gasteiger partial charge in [-0.25, -0.2) is 0 Å². The number of rotatable bonds is 9. The van der Waals surface area contributed by atoms with Gasteiger partial charge in [-0.15, -0.1) is 0 Å². The van der Waals surface area contributed by atoms with E-state index in [2.05, 4.69) is 15.5 Å². The van der Waals surface area contributed by atoms with Crippen molar-refractivity contribution in [2.24, 2.45) is 10.2 Å². The lowest BCUT2D eigenvalue weighted by Crippen LogP contribution is -2.32. The first kappa shape index (κ1) is 24.2. The molecule has 0 aliphatic rings. The van der Waals surface area contributed by atoms with E-state index in [0.29, 0.717) is 17.2 Å². The molecule has 0 aromatic heterocycles. The Morgan fingerprint density at radius 1 is 0.935 bits per heavy atom. The van der Waals surface area contributed by atoms with Crippen LogP contribution in [0.3, 0.4) is 0 Å². The van der Waals surface area contributed by atoms with Crippen LogP contribution >= 0.6 is 23.2 Å². The van der Waals surface area contributed by atoms with Gasteiger partial charge in [0.25, 0.3) is 5.91 Å². The van der Waals surface area contributed by atoms with Gasteiger partial charge in [0.2, 0.25) is 6.04 Å². The maximum Gasteiger partial charge on any atom is 0.258 e. The van der Waals surface area contributed by atoms with Gasteiger partial charge in [0.1, 0.15) is 10.7 Å². The Kier molecular flexibility index (Phi) is 8.47. The number of carbonyl (C=O) groups excluding carboxylic acids is 2. The molecule has 0 heterocycles. The molecule has 0 spiro atoms. The van der Waals surface area contributed by atoms with Crippen molar-refractivity contribution in [3.8, 4) is 23.0 Å². The second kappa shape index (κ2) is 10.8. The van der Waals surface area contributed by atoms with E-state index >= 15 is 0 Å². The summed E-state index contributed by atoms with van der Waals surface area (Å²) in [6.07, 6.45) is 0. The van der Waals surface area contributed by atoms with Crippen molar-refractivity contribution in [2.75, 3.05) is 33.8 Å². The fourth-order valence-corrected chi connectivity index (χ4v) is 3.02. The summed E-state index contributed by atoms with van der Waals surface area (Å²) < 4.78 is 20.7. The highest BCUT2D eigenvalue weighted by molar-refractivity contribution is 6.35. The van der Waals surface area contributed by atoms with E-state index < -0.39 is 17.7 Å². The second-order valence-electron chi connectivity index (χ2n) is 6.04. The van der Waals surface area contributed by atoms with Crippen LogP contribution in [0, 0.1) is 0 Å². The van der Waals surface area contributed by atoms with Crippen LogP contribution in [0.15, 0.2) is 34.5 Å². The number of nitrogens with zero attached hydrogens (tertiary/aromatic N) is 2. The van der Waals surface area contributed by atoms with Gasteiger partial charge < -0.3 is 24.3 Å². The molecule has 2 aromatic rings. The number of methoxy groups -OCH3 is 4. The third-order valence-electron chi connectivity index (χ3n) is 4.11. The molecular formula is C20H21Cl2N3O6. The Morgan fingerprint density at radius 3 is 2.10 bits per heavy atom. The molecule has 0 aliphatic heterocycles. The number of Topliss-reactive ketones (excluding diaryl/α,β-unsaturated/α-hetero) is 1. The highest BCUT2D eigenvalue weighted by atomic mass is 35.5. The van der Waals surface area contributed by atoms with Gasteiger partial charge >= 0.3 is 0 Å². The van der Waals surface area contributed by atoms with Crippen molar-refractivity contribution < 1.29 is 28.5 Å². The number of carbonyl (C=O) groups is 2. The van der Waals surface area contributed by atoms with Gasteiger partial charge in [-0.05, 0) is 19.1 Å². The molecule has 0 saturated heterocycles. The number of amides is 1. The Labute approximate surface area is 189 Å². The largest absolute Gasteiger partial charge is 0.493 e. The summed E-state index contributed by atoms with van der Waals surface area (Å²) in [5.41, 5.74) is 0.414. The molecule has 2 rings (SSSR count). The zero-order valence-electron chi connectivity index (χ0n) is 17.5. The maximum absolute atomic E-state index is 12.7. The molecule has 0 aliphatic carbocycles. The standard InChI is InChI=1S/C20H21Cl2N3O6/c1-10(26)18(25-24-13-9-16(30-4)15(29-3)8-11(13)21)20(27)23-12-6-7-14(28-2)19(31-5)17(12)22/h6-9,18H,1-5H3,(H,23,27). The number of ketones is 1. The summed E-state index contributed by atoms with van der Waals surface area (Å²) in [7, 11) is 5.78. The van der Waals surface area contributed by atoms with Crippen LogP contribution in [0.4, 0.5) is 11.4 Å². The zero-order chi connectivity index (χ0) is 23.1. The molecule has 0 bridgehead atoms. The molecule has 9 nitrogen and oxygen atoms in total. The Morgan fingerprint density at radius 2 is 1.55 bits per heavy atom. The van der Waals surface area contributed by atoms with Crippen LogP contribution < -0.4 is 24.3 Å². The smallest absolute Gasteiger partial charge is 0.258 e. The lowest BCUT2D eigenvalue weighted by Gasteiger charge is -2.15. The van der Waals surface area contributed by atoms with Gasteiger partial charge in [-0.3, -0.25) is 9.59 Å². The van der Waals surface area contributed by atoms with Crippen LogP contribution in [0.25, 0.3) is 0 Å². The number of hydrogen-bond donors (Lipinski definition) is 1. The highest BCUT2D eigenvalue weighted by Gasteiger charge is 2.25. The minimum absolute atomic E-state index is 0.109. The first-order valence-electron chi connectivity index (χ1n) is 8.81. The molecule has 1 unspecified atom stereocenters. The third-order valence-corrected chi connectivity index (χ3v) is 4.79. The van der Waals surface area contributed by atoms with E-state index in [1.807, 2.05) is 0 Å². The number of nitrogens with one attached hydrogen (secondary N) is 1. The molecule has 0 saturated carbocycles. The summed E-state index contributed by atoms with van der Waals surface area (Å²) in [4.78, 5) is 24.7. The quantitative estimate of drug-likeness (QED) is 0.420. The van der Waals surface area contributed by atoms with E-state index in [1.165, 1.54) is 53.6 Å². The van der Waals surface area contributed by atoms with E-state index in [-0.39, 0.29) is 27.2 Å². The molecule has 1 atom stereocenters. The first-order valence-corrected chi connectivity index (χ1v) is 9.57. The van der Waals surface area contributed by atoms with Crippen LogP contribution in [0.5, 0.6) is 23.0 Å². The van der Waals surface area contributed by atoms with Crippen LogP contribution in [-0.2, 0) is 9.59 Å². The molecule has 1 N–H and O–H groups in total. The number of benzene rings is 2. The molecule has 11 heteroatoms. The predicted molar refractivity (Wildman–Crippen MR) is 117 cm³/mol. The van der Waals surface area contributed by atoms with Gasteiger partial charge in [-0.2, -0.15) is 10.2 Å². The monoisotopic (exact) mass is 469 g/mol. The molecule has 166 valence electrons. The average molecular weight is 470 g/mol. The van der Waals surface area contributed by atoms with Gasteiger partial charge in [0.05, 0.1) is 39.1 Å². The molecule has 0 radical (unpaired) electrons. The van der Waals surface area contributed by atoms with Crippen molar-refractivity contribution in [2.45, 2.75) is 13.0 Å². The Balaban J connectivity index is 2.31. The summed E-state index contributed by atoms with van der Waals surface area (Å²) >= 11 is 12.4. The number of halogens is 2. The number of anilines is 1. The second-order valence-corrected chi connectivity index (χ2v) is 6.82. The fraction of sp³-hybridized carbons (Fsp3) is 0.300. The summed E-state index contributed by atoms with van der Waals surface area (Å²) in [6, 6.07) is 4.61. The van der Waals surface area contributed by atoms with E-state index in [4.69, 9.17) is 42.1 Å². The van der Waals surface area contributed by atoms with Crippen LogP contribution in [-0.4, -0.2) is 46.2 Å². The van der Waals surface area contributed by atoms with Crippen LogP contribution in [0.1, 0.15) is 6.92 Å². The van der Waals surface area contributed by atoms with Gasteiger partial charge in [0.15, 0.2) is 28.8 Å². The predicted octanol–water partition coefficient (Wildman–Crippen LogP) is 4.71. The lowest BCUT2D eigenvalue weighted by atomic mass is 10.2. The Hall–Kier alpha value is -3.04. The molecular weight excluding hydrogens is 449 g/mol. The minimum Gasteiger partial charge on any atom is -0.493 e. The van der Waals surface area contributed by atoms with E-state index in [9.17, 15) is 9.59 Å². The van der Waals surface area contributed by atoms with Crippen molar-refractivity contribution >= 4 is 46.3 Å². The summed E-state index contributed by atoms with van der Waals surface area (Å²) in [5.74, 6) is 0.116. The molecule has 1 amide bonds. The lowest BCUT2D eigenvalue weighted by molar-refractivity contribution is -0.126. The van der Waals surface area contributed by atoms with Crippen molar-refractivity contribution in [1.82, 2.24) is 0 Å².